The number of thiophene rings is 1. The smallest absolute Gasteiger partial charge is 0.300 e. The molecule has 0 aliphatic heterocycles. The van der Waals surface area contributed by atoms with Gasteiger partial charge in [0.25, 0.3) is 0 Å². The van der Waals surface area contributed by atoms with Crippen LogP contribution in [0.25, 0.3) is 0 Å². The predicted molar refractivity (Wildman–Crippen MR) is 68.0 cm³/mol. The summed E-state index contributed by atoms with van der Waals surface area (Å²) in [5, 5.41) is 0. The summed E-state index contributed by atoms with van der Waals surface area (Å²) in [6.45, 7) is 2.54. The highest BCUT2D eigenvalue weighted by molar-refractivity contribution is 7.18. The number of rotatable bonds is 4. The van der Waals surface area contributed by atoms with Gasteiger partial charge in [-0.05, 0) is 19.1 Å². The van der Waals surface area contributed by atoms with Crippen molar-refractivity contribution in [3.05, 3.63) is 44.2 Å². The van der Waals surface area contributed by atoms with E-state index in [1.807, 2.05) is 6.92 Å². The average molecular weight is 271 g/mol. The number of hydrogen-bond acceptors (Lipinski definition) is 3. The van der Waals surface area contributed by atoms with E-state index in [2.05, 4.69) is 0 Å². The summed E-state index contributed by atoms with van der Waals surface area (Å²) in [4.78, 5) is 24.2. The highest BCUT2D eigenvalue weighted by Gasteiger charge is 2.11. The maximum Gasteiger partial charge on any atom is 0.328 e. The van der Waals surface area contributed by atoms with Crippen molar-refractivity contribution in [1.82, 2.24) is 9.13 Å². The molecule has 0 radical (unpaired) electrons. The van der Waals surface area contributed by atoms with Gasteiger partial charge >= 0.3 is 5.69 Å². The molecule has 2 heterocycles. The third-order valence-electron chi connectivity index (χ3n) is 2.42. The number of nitrogens with zero attached hydrogens (tertiary/aromatic N) is 2. The average Bonchev–Trinajstić information content (AvgIpc) is 2.87. The zero-order valence-corrected chi connectivity index (χ0v) is 10.8. The quantitative estimate of drug-likeness (QED) is 0.800. The van der Waals surface area contributed by atoms with E-state index < -0.39 is 0 Å². The summed E-state index contributed by atoms with van der Waals surface area (Å²) < 4.78 is 3.53. The molecule has 0 atom stereocenters. The molecule has 0 N–H and O–H groups in total. The van der Waals surface area contributed by atoms with E-state index in [1.165, 1.54) is 15.9 Å². The van der Waals surface area contributed by atoms with Gasteiger partial charge < -0.3 is 0 Å². The number of carbonyl (C=O) groups is 1. The standard InChI is InChI=1S/C11H11ClN2O2S/c1-2-13-5-6-14(11(13)16)7-8(15)9-3-4-10(12)17-9/h3-6H,2,7H2,1H3. The minimum Gasteiger partial charge on any atom is -0.300 e. The Morgan fingerprint density at radius 2 is 2.06 bits per heavy atom. The Balaban J connectivity index is 2.18. The van der Waals surface area contributed by atoms with Crippen LogP contribution in [-0.2, 0) is 13.1 Å². The number of aromatic nitrogens is 2. The first-order valence-corrected chi connectivity index (χ1v) is 6.35. The lowest BCUT2D eigenvalue weighted by atomic mass is 10.3. The van der Waals surface area contributed by atoms with Crippen LogP contribution in [0.1, 0.15) is 16.6 Å². The Labute approximate surface area is 107 Å². The first-order chi connectivity index (χ1) is 8.11. The molecule has 0 fully saturated rings. The van der Waals surface area contributed by atoms with Crippen molar-refractivity contribution < 1.29 is 4.79 Å². The van der Waals surface area contributed by atoms with Crippen molar-refractivity contribution in [3.63, 3.8) is 0 Å². The minimum absolute atomic E-state index is 0.0582. The molecule has 0 unspecified atom stereocenters. The van der Waals surface area contributed by atoms with Gasteiger partial charge in [-0.15, -0.1) is 11.3 Å². The lowest BCUT2D eigenvalue weighted by molar-refractivity contribution is 0.0974. The highest BCUT2D eigenvalue weighted by atomic mass is 35.5. The third-order valence-corrected chi connectivity index (χ3v) is 3.69. The number of hydrogen-bond donors (Lipinski definition) is 0. The summed E-state index contributed by atoms with van der Waals surface area (Å²) in [7, 11) is 0. The first kappa shape index (κ1) is 12.1. The lowest BCUT2D eigenvalue weighted by Crippen LogP contribution is -2.26. The molecule has 2 rings (SSSR count). The van der Waals surface area contributed by atoms with Crippen LogP contribution in [0, 0.1) is 0 Å². The van der Waals surface area contributed by atoms with Crippen molar-refractivity contribution in [2.24, 2.45) is 0 Å². The Kier molecular flexibility index (Phi) is 3.49. The van der Waals surface area contributed by atoms with Gasteiger partial charge in [0.05, 0.1) is 15.8 Å². The zero-order chi connectivity index (χ0) is 12.4. The zero-order valence-electron chi connectivity index (χ0n) is 9.22. The molecule has 0 spiro atoms. The Hall–Kier alpha value is -1.33. The van der Waals surface area contributed by atoms with Crippen molar-refractivity contribution in [1.29, 1.82) is 0 Å². The fraction of sp³-hybridized carbons (Fsp3) is 0.273. The molecule has 0 aliphatic carbocycles. The van der Waals surface area contributed by atoms with Gasteiger partial charge in [0.2, 0.25) is 0 Å². The molecule has 0 aliphatic rings. The molecular weight excluding hydrogens is 260 g/mol. The number of imidazole rings is 1. The van der Waals surface area contributed by atoms with Gasteiger partial charge in [0.1, 0.15) is 0 Å². The Morgan fingerprint density at radius 1 is 1.35 bits per heavy atom. The van der Waals surface area contributed by atoms with Gasteiger partial charge in [-0.1, -0.05) is 11.6 Å². The highest BCUT2D eigenvalue weighted by Crippen LogP contribution is 2.21. The molecule has 0 aromatic carbocycles. The van der Waals surface area contributed by atoms with Crippen LogP contribution in [-0.4, -0.2) is 14.9 Å². The van der Waals surface area contributed by atoms with Gasteiger partial charge in [-0.3, -0.25) is 13.9 Å². The molecule has 4 nitrogen and oxygen atoms in total. The summed E-state index contributed by atoms with van der Waals surface area (Å²) >= 11 is 6.99. The molecular formula is C11H11ClN2O2S. The second-order valence-corrected chi connectivity index (χ2v) is 5.24. The van der Waals surface area contributed by atoms with Crippen LogP contribution in [0.15, 0.2) is 29.3 Å². The first-order valence-electron chi connectivity index (χ1n) is 5.16. The second kappa shape index (κ2) is 4.89. The van der Waals surface area contributed by atoms with E-state index in [-0.39, 0.29) is 18.0 Å². The topological polar surface area (TPSA) is 44.0 Å². The molecule has 90 valence electrons. The van der Waals surface area contributed by atoms with Crippen LogP contribution in [0.5, 0.6) is 0 Å². The molecule has 6 heteroatoms. The summed E-state index contributed by atoms with van der Waals surface area (Å²) in [5.41, 5.74) is -0.163. The molecule has 0 amide bonds. The normalized spacial score (nSPS) is 10.7. The molecule has 0 saturated carbocycles. The predicted octanol–water partition coefficient (Wildman–Crippen LogP) is 2.27. The van der Waals surface area contributed by atoms with Crippen molar-refractivity contribution >= 4 is 28.7 Å². The van der Waals surface area contributed by atoms with E-state index in [9.17, 15) is 9.59 Å². The van der Waals surface area contributed by atoms with Gasteiger partial charge in [-0.25, -0.2) is 4.79 Å². The van der Waals surface area contributed by atoms with Gasteiger partial charge in [-0.2, -0.15) is 0 Å². The van der Waals surface area contributed by atoms with Crippen molar-refractivity contribution in [2.75, 3.05) is 0 Å². The lowest BCUT2D eigenvalue weighted by Gasteiger charge is -1.98. The molecule has 2 aromatic rings. The number of aryl methyl sites for hydroxylation is 1. The van der Waals surface area contributed by atoms with Crippen LogP contribution in [0.4, 0.5) is 0 Å². The SMILES string of the molecule is CCn1ccn(CC(=O)c2ccc(Cl)s2)c1=O. The monoisotopic (exact) mass is 270 g/mol. The van der Waals surface area contributed by atoms with E-state index in [4.69, 9.17) is 11.6 Å². The van der Waals surface area contributed by atoms with Gasteiger partial charge in [0, 0.05) is 18.9 Å². The number of halogens is 1. The maximum absolute atomic E-state index is 11.9. The van der Waals surface area contributed by atoms with E-state index in [1.54, 1.807) is 29.1 Å². The number of carbonyl (C=O) groups excluding carboxylic acids is 1. The van der Waals surface area contributed by atoms with Crippen molar-refractivity contribution in [3.8, 4) is 0 Å². The van der Waals surface area contributed by atoms with Crippen LogP contribution in [0.3, 0.4) is 0 Å². The van der Waals surface area contributed by atoms with Crippen LogP contribution >= 0.6 is 22.9 Å². The van der Waals surface area contributed by atoms with Crippen molar-refractivity contribution in [2.45, 2.75) is 20.0 Å². The summed E-state index contributed by atoms with van der Waals surface area (Å²) in [6.07, 6.45) is 3.30. The fourth-order valence-corrected chi connectivity index (χ4v) is 2.48. The van der Waals surface area contributed by atoms with Crippen LogP contribution < -0.4 is 5.69 Å². The van der Waals surface area contributed by atoms with Gasteiger partial charge in [0.15, 0.2) is 5.78 Å². The Bertz CT molecular complexity index is 597. The molecule has 2 aromatic heterocycles. The van der Waals surface area contributed by atoms with E-state index >= 15 is 0 Å². The molecule has 0 bridgehead atoms. The fourth-order valence-electron chi connectivity index (χ4n) is 1.51. The van der Waals surface area contributed by atoms with E-state index in [0.29, 0.717) is 15.8 Å². The second-order valence-electron chi connectivity index (χ2n) is 3.52. The maximum atomic E-state index is 11.9. The number of Topliss-reactive ketones (excluding diaryl/α,β-unsaturated/α-hetero) is 1. The molecule has 17 heavy (non-hydrogen) atoms. The summed E-state index contributed by atoms with van der Waals surface area (Å²) in [6, 6.07) is 3.36. The van der Waals surface area contributed by atoms with Crippen LogP contribution in [0.2, 0.25) is 4.34 Å². The minimum atomic E-state index is -0.163. The largest absolute Gasteiger partial charge is 0.328 e. The van der Waals surface area contributed by atoms with E-state index in [0.717, 1.165) is 0 Å². The third kappa shape index (κ3) is 2.50. The Morgan fingerprint density at radius 3 is 2.59 bits per heavy atom. The molecule has 0 saturated heterocycles. The number of ketones is 1. The summed E-state index contributed by atoms with van der Waals surface area (Å²) in [5.74, 6) is -0.0992.